The van der Waals surface area contributed by atoms with Gasteiger partial charge in [0.05, 0.1) is 24.7 Å². The Kier molecular flexibility index (Phi) is 8.92. The number of oxazole rings is 1. The molecule has 0 saturated heterocycles. The number of hydrogen-bond donors (Lipinski definition) is 4. The Bertz CT molecular complexity index is 3090. The Morgan fingerprint density at radius 1 is 0.695 bits per heavy atom. The number of aromatic nitrogens is 15. The van der Waals surface area contributed by atoms with Gasteiger partial charge < -0.3 is 31.3 Å². The molecule has 0 spiro atoms. The van der Waals surface area contributed by atoms with Crippen LogP contribution in [0, 0.1) is 13.8 Å². The minimum Gasteiger partial charge on any atom is -0.451 e. The summed E-state index contributed by atoms with van der Waals surface area (Å²) in [4.78, 5) is 42.8. The molecule has 6 N–H and O–H groups in total. The van der Waals surface area contributed by atoms with Crippen LogP contribution in [-0.4, -0.2) is 86.9 Å². The highest BCUT2D eigenvalue weighted by Crippen LogP contribution is 2.32. The van der Waals surface area contributed by atoms with E-state index < -0.39 is 6.09 Å². The highest BCUT2D eigenvalue weighted by atomic mass is 16.5. The molecule has 0 atom stereocenters. The van der Waals surface area contributed by atoms with Crippen molar-refractivity contribution in [2.75, 3.05) is 29.2 Å². The van der Waals surface area contributed by atoms with E-state index in [0.29, 0.717) is 92.2 Å². The van der Waals surface area contributed by atoms with E-state index in [0.717, 1.165) is 10.2 Å². The fourth-order valence-electron chi connectivity index (χ4n) is 6.16. The van der Waals surface area contributed by atoms with Crippen molar-refractivity contribution in [2.24, 2.45) is 0 Å². The van der Waals surface area contributed by atoms with E-state index in [1.54, 1.807) is 82.5 Å². The van der Waals surface area contributed by atoms with Gasteiger partial charge in [-0.2, -0.15) is 25.0 Å². The molecular weight excluding hydrogens is 759 g/mol. The fourth-order valence-corrected chi connectivity index (χ4v) is 6.16. The number of nitrogen functional groups attached to an aromatic ring is 2. The number of benzene rings is 1. The zero-order valence-electron chi connectivity index (χ0n) is 31.3. The van der Waals surface area contributed by atoms with Crippen LogP contribution in [-0.2, 0) is 4.74 Å². The van der Waals surface area contributed by atoms with Crippen LogP contribution < -0.4 is 22.1 Å². The number of ether oxygens (including phenoxy) is 1. The second-order valence-corrected chi connectivity index (χ2v) is 12.6. The first-order valence-electron chi connectivity index (χ1n) is 17.7. The van der Waals surface area contributed by atoms with Crippen LogP contribution in [0.1, 0.15) is 11.6 Å². The summed E-state index contributed by atoms with van der Waals surface area (Å²) >= 11 is 0. The third-order valence-electron chi connectivity index (χ3n) is 8.54. The molecule has 0 saturated carbocycles. The number of nitrogens with one attached hydrogen (secondary N) is 2. The first kappa shape index (κ1) is 35.9. The number of hydrogen-bond acceptors (Lipinski definition) is 18. The van der Waals surface area contributed by atoms with Gasteiger partial charge in [0, 0.05) is 42.9 Å². The van der Waals surface area contributed by atoms with E-state index in [2.05, 4.69) is 65.9 Å². The van der Waals surface area contributed by atoms with Gasteiger partial charge in [-0.15, -0.1) is 9.78 Å². The third-order valence-corrected chi connectivity index (χ3v) is 8.54. The molecule has 0 fully saturated rings. The number of imidazole rings is 2. The fraction of sp³-hybridized carbons (Fsp3) is 0.0811. The Labute approximate surface area is 331 Å². The predicted molar refractivity (Wildman–Crippen MR) is 214 cm³/mol. The number of aryl methyl sites for hydroxylation is 2. The molecule has 22 nitrogen and oxygen atoms in total. The lowest BCUT2D eigenvalue weighted by Crippen LogP contribution is -2.15. The number of para-hydroxylation sites is 2. The van der Waals surface area contributed by atoms with Gasteiger partial charge in [-0.25, -0.2) is 43.7 Å². The molecule has 59 heavy (non-hydrogen) atoms. The van der Waals surface area contributed by atoms with Crippen molar-refractivity contribution in [3.05, 3.63) is 109 Å². The smallest absolute Gasteiger partial charge is 0.436 e. The van der Waals surface area contributed by atoms with Gasteiger partial charge in [-0.3, -0.25) is 0 Å². The molecule has 0 amide bonds. The topological polar surface area (TPSA) is 276 Å². The quantitative estimate of drug-likeness (QED) is 0.169. The number of nitrogens with zero attached hydrogens (tertiary/aromatic N) is 15. The summed E-state index contributed by atoms with van der Waals surface area (Å²) in [7, 11) is 1.28. The Morgan fingerprint density at radius 2 is 1.32 bits per heavy atom. The van der Waals surface area contributed by atoms with Crippen molar-refractivity contribution >= 4 is 63.4 Å². The summed E-state index contributed by atoms with van der Waals surface area (Å²) in [5.74, 6) is 3.65. The Balaban J connectivity index is 0.000000155. The van der Waals surface area contributed by atoms with Crippen molar-refractivity contribution in [3.8, 4) is 28.8 Å². The van der Waals surface area contributed by atoms with Crippen LogP contribution in [0.4, 0.5) is 39.7 Å². The van der Waals surface area contributed by atoms with Gasteiger partial charge in [-0.05, 0) is 50.2 Å². The average Bonchev–Trinajstić information content (AvgIpc) is 4.06. The van der Waals surface area contributed by atoms with Crippen LogP contribution in [0.25, 0.3) is 51.2 Å². The highest BCUT2D eigenvalue weighted by Gasteiger charge is 2.21. The number of nitrogens with two attached hydrogens (primary N) is 2. The molecule has 0 aliphatic carbocycles. The summed E-state index contributed by atoms with van der Waals surface area (Å²) in [6.45, 7) is 3.53. The highest BCUT2D eigenvalue weighted by molar-refractivity contribution is 5.81. The SMILES string of the molecule is COC(=O)n1nccc1Nc1nc2cccnn2c1-c1cc(N)nc(C)n1.Cc1nc(N)cc(-c2c(Nc3ccn(-c4nc5ccccc5o4)n3)nc3cccnn23)n1. The maximum absolute atomic E-state index is 11.9. The standard InChI is InChI=1S/C21H16N10O.C16H15N9O2/c1-12-24-14(11-16(22)25-12)19-20(28-18-7-4-9-23-31(18)19)27-17-8-10-30(29-17)21-26-13-5-2-3-6-15(13)32-21;1-9-20-10(8-11(17)21-9)14-15(22-12-4-3-6-18-24(12)14)23-13-5-7-19-25(13)16(26)27-2/h2-11H,1H3,(H,27,29)(H2,22,24,25);3-8,23H,1-2H3,(H2,17,20,21). The Morgan fingerprint density at radius 3 is 1.93 bits per heavy atom. The third kappa shape index (κ3) is 6.99. The molecule has 10 aromatic rings. The van der Waals surface area contributed by atoms with Crippen LogP contribution in [0.5, 0.6) is 0 Å². The Hall–Kier alpha value is -8.82. The molecule has 22 heteroatoms. The normalized spacial score (nSPS) is 11.2. The molecule has 9 aromatic heterocycles. The first-order chi connectivity index (χ1) is 28.7. The zero-order chi connectivity index (χ0) is 40.6. The molecule has 0 radical (unpaired) electrons. The van der Waals surface area contributed by atoms with Crippen LogP contribution in [0.2, 0.25) is 0 Å². The maximum Gasteiger partial charge on any atom is 0.436 e. The first-order valence-corrected chi connectivity index (χ1v) is 17.7. The monoisotopic (exact) mass is 789 g/mol. The molecule has 1 aromatic carbocycles. The van der Waals surface area contributed by atoms with Gasteiger partial charge >= 0.3 is 12.1 Å². The van der Waals surface area contributed by atoms with Gasteiger partial charge in [-0.1, -0.05) is 12.1 Å². The van der Waals surface area contributed by atoms with E-state index in [1.807, 2.05) is 36.4 Å². The minimum absolute atomic E-state index is 0.328. The second kappa shape index (κ2) is 14.7. The van der Waals surface area contributed by atoms with Crippen molar-refractivity contribution < 1.29 is 13.9 Å². The number of carbonyl (C=O) groups is 1. The lowest BCUT2D eigenvalue weighted by Gasteiger charge is -2.08. The summed E-state index contributed by atoms with van der Waals surface area (Å²) in [5.41, 5.74) is 16.9. The van der Waals surface area contributed by atoms with Gasteiger partial charge in [0.15, 0.2) is 34.3 Å². The molecule has 9 heterocycles. The van der Waals surface area contributed by atoms with E-state index >= 15 is 0 Å². The van der Waals surface area contributed by atoms with E-state index in [4.69, 9.17) is 20.6 Å². The minimum atomic E-state index is -0.631. The van der Waals surface area contributed by atoms with Gasteiger partial charge in [0.2, 0.25) is 0 Å². The number of fused-ring (bicyclic) bond motifs is 3. The number of rotatable bonds is 7. The molecule has 0 aliphatic heterocycles. The van der Waals surface area contributed by atoms with Crippen LogP contribution >= 0.6 is 0 Å². The van der Waals surface area contributed by atoms with Gasteiger partial charge in [0.1, 0.15) is 46.0 Å². The largest absolute Gasteiger partial charge is 0.451 e. The van der Waals surface area contributed by atoms with Crippen molar-refractivity contribution in [1.29, 1.82) is 0 Å². The predicted octanol–water partition coefficient (Wildman–Crippen LogP) is 4.78. The van der Waals surface area contributed by atoms with E-state index in [1.165, 1.54) is 13.3 Å². The summed E-state index contributed by atoms with van der Waals surface area (Å²) in [5, 5.41) is 23.6. The van der Waals surface area contributed by atoms with Crippen LogP contribution in [0.3, 0.4) is 0 Å². The molecule has 10 rings (SSSR count). The van der Waals surface area contributed by atoms with Crippen molar-refractivity contribution in [2.45, 2.75) is 13.8 Å². The number of carbonyl (C=O) groups excluding carboxylic acids is 1. The van der Waals surface area contributed by atoms with Crippen molar-refractivity contribution in [1.82, 2.24) is 73.7 Å². The van der Waals surface area contributed by atoms with Crippen molar-refractivity contribution in [3.63, 3.8) is 0 Å². The van der Waals surface area contributed by atoms with E-state index in [9.17, 15) is 4.79 Å². The molecule has 292 valence electrons. The molecule has 0 aliphatic rings. The van der Waals surface area contributed by atoms with Gasteiger partial charge in [0.25, 0.3) is 0 Å². The second-order valence-electron chi connectivity index (χ2n) is 12.6. The summed E-state index contributed by atoms with van der Waals surface area (Å²) in [6, 6.07) is 21.9. The summed E-state index contributed by atoms with van der Waals surface area (Å²) in [6.07, 6.45) is 5.92. The van der Waals surface area contributed by atoms with E-state index in [-0.39, 0.29) is 0 Å². The number of methoxy groups -OCH3 is 1. The molecule has 0 unspecified atom stereocenters. The summed E-state index contributed by atoms with van der Waals surface area (Å²) < 4.78 is 16.5. The molecular formula is C37H31N19O3. The maximum atomic E-state index is 11.9. The molecule has 0 bridgehead atoms. The average molecular weight is 790 g/mol. The number of anilines is 6. The lowest BCUT2D eigenvalue weighted by atomic mass is 10.3. The zero-order valence-corrected chi connectivity index (χ0v) is 31.3. The lowest BCUT2D eigenvalue weighted by molar-refractivity contribution is 0.170. The van der Waals surface area contributed by atoms with Crippen LogP contribution in [0.15, 0.2) is 102 Å².